The van der Waals surface area contributed by atoms with Crippen molar-refractivity contribution in [3.8, 4) is 5.75 Å². The van der Waals surface area contributed by atoms with E-state index in [1.54, 1.807) is 54.5 Å². The fraction of sp³-hybridized carbons (Fsp3) is 0.111. The first kappa shape index (κ1) is 25.6. The van der Waals surface area contributed by atoms with Gasteiger partial charge in [-0.1, -0.05) is 12.1 Å². The number of nitrogens with two attached hydrogens (primary N) is 1. The predicted molar refractivity (Wildman–Crippen MR) is 136 cm³/mol. The molecular formula is C27H21F4N5O3. The molecule has 8 nitrogen and oxygen atoms in total. The molecule has 0 saturated carbocycles. The molecule has 0 bridgehead atoms. The minimum atomic E-state index is -4.68. The molecule has 0 spiro atoms. The predicted octanol–water partition coefficient (Wildman–Crippen LogP) is 4.95. The number of hydrogen-bond donors (Lipinski definition) is 3. The second-order valence-corrected chi connectivity index (χ2v) is 8.49. The van der Waals surface area contributed by atoms with E-state index in [1.165, 1.54) is 6.26 Å². The number of carbonyl (C=O) groups is 1. The second-order valence-electron chi connectivity index (χ2n) is 8.49. The van der Waals surface area contributed by atoms with E-state index in [2.05, 4.69) is 10.6 Å². The Morgan fingerprint density at radius 2 is 1.74 bits per heavy atom. The molecule has 0 fully saturated rings. The lowest BCUT2D eigenvalue weighted by Gasteiger charge is -2.33. The monoisotopic (exact) mass is 539 g/mol. The lowest BCUT2D eigenvalue weighted by Crippen LogP contribution is -2.43. The molecule has 12 heteroatoms. The van der Waals surface area contributed by atoms with Crippen molar-refractivity contribution in [3.05, 3.63) is 107 Å². The molecule has 2 amide bonds. The van der Waals surface area contributed by atoms with Gasteiger partial charge in [0.25, 0.3) is 0 Å². The van der Waals surface area contributed by atoms with Gasteiger partial charge < -0.3 is 30.4 Å². The van der Waals surface area contributed by atoms with Crippen molar-refractivity contribution in [2.45, 2.75) is 12.3 Å². The summed E-state index contributed by atoms with van der Waals surface area (Å²) in [5.74, 6) is 0.0695. The highest BCUT2D eigenvalue weighted by Crippen LogP contribution is 2.34. The van der Waals surface area contributed by atoms with Crippen molar-refractivity contribution in [1.29, 1.82) is 0 Å². The smallest absolute Gasteiger partial charge is 0.416 e. The summed E-state index contributed by atoms with van der Waals surface area (Å²) in [4.78, 5) is 18.9. The zero-order valence-electron chi connectivity index (χ0n) is 20.3. The number of anilines is 3. The molecule has 1 aromatic heterocycles. The van der Waals surface area contributed by atoms with Gasteiger partial charge in [0.05, 0.1) is 29.8 Å². The molecular weight excluding hydrogens is 518 g/mol. The summed E-state index contributed by atoms with van der Waals surface area (Å²) < 4.78 is 63.6. The molecule has 0 aliphatic carbocycles. The summed E-state index contributed by atoms with van der Waals surface area (Å²) in [6.45, 7) is 0. The van der Waals surface area contributed by atoms with Crippen LogP contribution in [0.2, 0.25) is 0 Å². The summed E-state index contributed by atoms with van der Waals surface area (Å²) in [5.41, 5.74) is 6.97. The van der Waals surface area contributed by atoms with Crippen LogP contribution < -0.4 is 36.8 Å². The zero-order valence-corrected chi connectivity index (χ0v) is 20.3. The molecule has 0 saturated heterocycles. The first-order chi connectivity index (χ1) is 18.6. The Kier molecular flexibility index (Phi) is 6.60. The number of furan rings is 1. The first-order valence-electron chi connectivity index (χ1n) is 11.5. The number of ether oxygens (including phenoxy) is 1. The van der Waals surface area contributed by atoms with Gasteiger partial charge >= 0.3 is 12.2 Å². The van der Waals surface area contributed by atoms with Crippen LogP contribution in [0.3, 0.4) is 0 Å². The highest BCUT2D eigenvalue weighted by atomic mass is 19.4. The van der Waals surface area contributed by atoms with Gasteiger partial charge in [-0.15, -0.1) is 0 Å². The Labute approximate surface area is 219 Å². The van der Waals surface area contributed by atoms with Gasteiger partial charge in [0.1, 0.15) is 17.4 Å². The number of fused-ring (bicyclic) bond motifs is 1. The second kappa shape index (κ2) is 10.0. The molecule has 200 valence electrons. The van der Waals surface area contributed by atoms with Crippen molar-refractivity contribution in [2.75, 3.05) is 22.6 Å². The van der Waals surface area contributed by atoms with Gasteiger partial charge in [0, 0.05) is 11.4 Å². The average Bonchev–Trinajstić information content (AvgIpc) is 3.39. The van der Waals surface area contributed by atoms with Gasteiger partial charge in [0.2, 0.25) is 5.55 Å². The zero-order chi connectivity index (χ0) is 27.7. The third-order valence-electron chi connectivity index (χ3n) is 6.02. The first-order valence-corrected chi connectivity index (χ1v) is 11.5. The van der Waals surface area contributed by atoms with Crippen molar-refractivity contribution in [3.63, 3.8) is 0 Å². The van der Waals surface area contributed by atoms with Crippen LogP contribution in [0.25, 0.3) is 5.82 Å². The quantitative estimate of drug-likeness (QED) is 0.311. The summed E-state index contributed by atoms with van der Waals surface area (Å²) in [5, 5.41) is 5.20. The van der Waals surface area contributed by atoms with Gasteiger partial charge in [-0.2, -0.15) is 13.2 Å². The standard InChI is InChI=1S/C27H21F4N5O3/c1-38-19-9-2-15(3-10-19)24-35-25-20(12-13-39-25)23(32)36(24)18-7-5-17(6-8-18)33-26(37)34-22-14-16(27(29,30)31)4-11-21(22)28/h2-14,24H,32H2,1H3,(H2,33,34,37). The van der Waals surface area contributed by atoms with Gasteiger partial charge in [0.15, 0.2) is 6.17 Å². The molecule has 2 heterocycles. The molecule has 1 aliphatic rings. The molecule has 0 radical (unpaired) electrons. The maximum Gasteiger partial charge on any atom is 0.416 e. The van der Waals surface area contributed by atoms with E-state index in [0.29, 0.717) is 51.9 Å². The van der Waals surface area contributed by atoms with E-state index in [9.17, 15) is 22.4 Å². The SMILES string of the molecule is COc1ccc(C2N=c3occc3=C(N)N2c2ccc(NC(=O)Nc3cc(C(F)(F)F)ccc3F)cc2)cc1. The number of halogens is 4. The Morgan fingerprint density at radius 1 is 1.03 bits per heavy atom. The Hall–Kier alpha value is -5.00. The van der Waals surface area contributed by atoms with Gasteiger partial charge in [-0.05, 0) is 66.2 Å². The van der Waals surface area contributed by atoms with Crippen LogP contribution in [0.4, 0.5) is 39.4 Å². The average molecular weight is 539 g/mol. The van der Waals surface area contributed by atoms with E-state index in [4.69, 9.17) is 19.9 Å². The van der Waals surface area contributed by atoms with E-state index in [1.807, 2.05) is 12.1 Å². The number of nitrogens with zero attached hydrogens (tertiary/aromatic N) is 2. The van der Waals surface area contributed by atoms with Crippen molar-refractivity contribution >= 4 is 28.9 Å². The largest absolute Gasteiger partial charge is 0.497 e. The molecule has 3 aromatic carbocycles. The number of carbonyl (C=O) groups excluding carboxylic acids is 1. The third kappa shape index (κ3) is 5.21. The van der Waals surface area contributed by atoms with Gasteiger partial charge in [-0.25, -0.2) is 14.2 Å². The Bertz CT molecular complexity index is 1630. The van der Waals surface area contributed by atoms with E-state index in [-0.39, 0.29) is 0 Å². The number of nitrogens with one attached hydrogen (secondary N) is 2. The molecule has 4 aromatic rings. The maximum atomic E-state index is 14.0. The van der Waals surface area contributed by atoms with Crippen LogP contribution in [0, 0.1) is 5.82 Å². The summed E-state index contributed by atoms with van der Waals surface area (Å²) >= 11 is 0. The lowest BCUT2D eigenvalue weighted by atomic mass is 10.1. The Morgan fingerprint density at radius 3 is 2.41 bits per heavy atom. The molecule has 1 atom stereocenters. The minimum absolute atomic E-state index is 0.307. The van der Waals surface area contributed by atoms with Crippen molar-refractivity contribution in [1.82, 2.24) is 0 Å². The highest BCUT2D eigenvalue weighted by molar-refractivity contribution is 6.00. The fourth-order valence-corrected chi connectivity index (χ4v) is 4.09. The van der Waals surface area contributed by atoms with Gasteiger partial charge in [-0.3, -0.25) is 0 Å². The van der Waals surface area contributed by atoms with Crippen molar-refractivity contribution < 1.29 is 31.5 Å². The summed E-state index contributed by atoms with van der Waals surface area (Å²) in [6.07, 6.45) is -3.76. The fourth-order valence-electron chi connectivity index (χ4n) is 4.09. The number of benzene rings is 3. The highest BCUT2D eigenvalue weighted by Gasteiger charge is 2.31. The minimum Gasteiger partial charge on any atom is -0.497 e. The van der Waals surface area contributed by atoms with Crippen LogP contribution >= 0.6 is 0 Å². The molecule has 4 N–H and O–H groups in total. The number of hydrogen-bond acceptors (Lipinski definition) is 6. The summed E-state index contributed by atoms with van der Waals surface area (Å²) in [7, 11) is 1.57. The third-order valence-corrected chi connectivity index (χ3v) is 6.02. The normalized spacial score (nSPS) is 14.8. The van der Waals surface area contributed by atoms with Crippen molar-refractivity contribution in [2.24, 2.45) is 10.7 Å². The lowest BCUT2D eigenvalue weighted by molar-refractivity contribution is -0.137. The summed E-state index contributed by atoms with van der Waals surface area (Å²) in [6, 6.07) is 16.4. The van der Waals surface area contributed by atoms with Crippen LogP contribution in [-0.2, 0) is 6.18 Å². The van der Waals surface area contributed by atoms with Crippen LogP contribution in [0.1, 0.15) is 17.3 Å². The number of urea groups is 1. The molecule has 1 unspecified atom stereocenters. The molecule has 39 heavy (non-hydrogen) atoms. The van der Waals surface area contributed by atoms with Crippen LogP contribution in [0.15, 0.2) is 88.5 Å². The van der Waals surface area contributed by atoms with E-state index in [0.717, 1.165) is 5.56 Å². The molecule has 5 rings (SSSR count). The van der Waals surface area contributed by atoms with E-state index >= 15 is 0 Å². The number of amides is 2. The van der Waals surface area contributed by atoms with Crippen LogP contribution in [0.5, 0.6) is 5.75 Å². The number of rotatable bonds is 5. The maximum absolute atomic E-state index is 14.0. The van der Waals surface area contributed by atoms with Crippen LogP contribution in [-0.4, -0.2) is 13.1 Å². The Balaban J connectivity index is 1.38. The molecule has 1 aliphatic heterocycles. The number of alkyl halides is 3. The number of methoxy groups -OCH3 is 1. The van der Waals surface area contributed by atoms with E-state index < -0.39 is 35.4 Å². The topological polar surface area (TPSA) is 105 Å².